The lowest BCUT2D eigenvalue weighted by molar-refractivity contribution is 0.0925. The number of nitrogens with one attached hydrogen (secondary N) is 1. The third-order valence-corrected chi connectivity index (χ3v) is 4.01. The zero-order chi connectivity index (χ0) is 16.1. The molecule has 0 saturated heterocycles. The molecule has 0 radical (unpaired) electrons. The molecule has 0 aliphatic rings. The monoisotopic (exact) mass is 295 g/mol. The van der Waals surface area contributed by atoms with Gasteiger partial charge in [0.25, 0.3) is 5.91 Å². The van der Waals surface area contributed by atoms with Crippen molar-refractivity contribution < 1.29 is 4.79 Å². The third-order valence-electron chi connectivity index (χ3n) is 4.01. The molecule has 0 fully saturated rings. The Labute approximate surface area is 133 Å². The molecule has 0 aromatic heterocycles. The predicted molar refractivity (Wildman–Crippen MR) is 92.0 cm³/mol. The molecule has 0 bridgehead atoms. The molecule has 2 nitrogen and oxygen atoms in total. The van der Waals surface area contributed by atoms with Crippen molar-refractivity contribution in [1.29, 1.82) is 0 Å². The van der Waals surface area contributed by atoms with Gasteiger partial charge in [-0.1, -0.05) is 62.7 Å². The first kappa shape index (κ1) is 16.3. The second kappa shape index (κ2) is 7.26. The fourth-order valence-electron chi connectivity index (χ4n) is 2.53. The number of benzene rings is 2. The van der Waals surface area contributed by atoms with Crippen molar-refractivity contribution in [3.63, 3.8) is 0 Å². The maximum absolute atomic E-state index is 12.5. The first-order valence-electron chi connectivity index (χ1n) is 7.97. The molecular formula is C20H25NO. The molecule has 2 rings (SSSR count). The highest BCUT2D eigenvalue weighted by Crippen LogP contribution is 2.23. The van der Waals surface area contributed by atoms with Crippen LogP contribution in [0.3, 0.4) is 0 Å². The van der Waals surface area contributed by atoms with E-state index in [0.29, 0.717) is 11.5 Å². The molecule has 116 valence electrons. The summed E-state index contributed by atoms with van der Waals surface area (Å²) in [6, 6.07) is 16.2. The molecular weight excluding hydrogens is 270 g/mol. The number of aryl methyl sites for hydroxylation is 2. The summed E-state index contributed by atoms with van der Waals surface area (Å²) in [7, 11) is 0. The Morgan fingerprint density at radius 3 is 2.09 bits per heavy atom. The van der Waals surface area contributed by atoms with Crippen LogP contribution in [0, 0.1) is 12.8 Å². The van der Waals surface area contributed by atoms with Crippen LogP contribution in [-0.2, 0) is 6.42 Å². The molecule has 2 aromatic carbocycles. The Morgan fingerprint density at radius 1 is 1.00 bits per heavy atom. The third kappa shape index (κ3) is 3.97. The average Bonchev–Trinajstić information content (AvgIpc) is 2.53. The molecule has 2 heteroatoms. The molecule has 0 spiro atoms. The molecule has 0 saturated carbocycles. The summed E-state index contributed by atoms with van der Waals surface area (Å²) >= 11 is 0. The highest BCUT2D eigenvalue weighted by molar-refractivity contribution is 5.94. The largest absolute Gasteiger partial charge is 0.345 e. The second-order valence-corrected chi connectivity index (χ2v) is 6.16. The predicted octanol–water partition coefficient (Wildman–Crippen LogP) is 4.68. The van der Waals surface area contributed by atoms with E-state index in [9.17, 15) is 4.79 Å². The lowest BCUT2D eigenvalue weighted by atomic mass is 9.94. The van der Waals surface area contributed by atoms with Gasteiger partial charge in [-0.15, -0.1) is 0 Å². The van der Waals surface area contributed by atoms with Gasteiger partial charge in [-0.25, -0.2) is 0 Å². The van der Waals surface area contributed by atoms with Crippen LogP contribution in [0.25, 0.3) is 0 Å². The number of carbonyl (C=O) groups is 1. The Kier molecular flexibility index (Phi) is 5.37. The average molecular weight is 295 g/mol. The lowest BCUT2D eigenvalue weighted by Gasteiger charge is -2.23. The summed E-state index contributed by atoms with van der Waals surface area (Å²) in [5, 5.41) is 3.17. The van der Waals surface area contributed by atoms with E-state index in [4.69, 9.17) is 0 Å². The van der Waals surface area contributed by atoms with Crippen molar-refractivity contribution in [3.8, 4) is 0 Å². The van der Waals surface area contributed by atoms with Gasteiger partial charge in [-0.2, -0.15) is 0 Å². The van der Waals surface area contributed by atoms with Crippen molar-refractivity contribution in [1.82, 2.24) is 5.32 Å². The molecule has 22 heavy (non-hydrogen) atoms. The van der Waals surface area contributed by atoms with Gasteiger partial charge in [0.15, 0.2) is 0 Å². The number of amides is 1. The van der Waals surface area contributed by atoms with Gasteiger partial charge in [0.05, 0.1) is 6.04 Å². The minimum atomic E-state index is -0.0155. The molecule has 0 unspecified atom stereocenters. The first-order valence-corrected chi connectivity index (χ1v) is 7.97. The van der Waals surface area contributed by atoms with Gasteiger partial charge in [0.2, 0.25) is 0 Å². The SMILES string of the molecule is CCc1ccc([C@H](NC(=O)c2ccc(C)cc2)C(C)C)cc1. The summed E-state index contributed by atoms with van der Waals surface area (Å²) in [6.07, 6.45) is 1.03. The van der Waals surface area contributed by atoms with Crippen LogP contribution in [0.4, 0.5) is 0 Å². The quantitative estimate of drug-likeness (QED) is 0.852. The highest BCUT2D eigenvalue weighted by Gasteiger charge is 2.19. The first-order chi connectivity index (χ1) is 10.5. The van der Waals surface area contributed by atoms with E-state index in [2.05, 4.69) is 50.4 Å². The fraction of sp³-hybridized carbons (Fsp3) is 0.350. The Bertz CT molecular complexity index is 611. The number of rotatable bonds is 5. The normalized spacial score (nSPS) is 12.2. The van der Waals surface area contributed by atoms with Crippen molar-refractivity contribution in [2.45, 2.75) is 40.2 Å². The van der Waals surface area contributed by atoms with Gasteiger partial charge in [0, 0.05) is 5.56 Å². The summed E-state index contributed by atoms with van der Waals surface area (Å²) in [5.74, 6) is 0.320. The minimum Gasteiger partial charge on any atom is -0.345 e. The molecule has 1 amide bonds. The second-order valence-electron chi connectivity index (χ2n) is 6.16. The van der Waals surface area contributed by atoms with Gasteiger partial charge >= 0.3 is 0 Å². The van der Waals surface area contributed by atoms with Crippen LogP contribution >= 0.6 is 0 Å². The van der Waals surface area contributed by atoms with Crippen molar-refractivity contribution in [3.05, 3.63) is 70.8 Å². The smallest absolute Gasteiger partial charge is 0.251 e. The van der Waals surface area contributed by atoms with Crippen LogP contribution in [-0.4, -0.2) is 5.91 Å². The lowest BCUT2D eigenvalue weighted by Crippen LogP contribution is -2.31. The van der Waals surface area contributed by atoms with Crippen LogP contribution in [0.5, 0.6) is 0 Å². The van der Waals surface area contributed by atoms with E-state index in [1.165, 1.54) is 5.56 Å². The van der Waals surface area contributed by atoms with Crippen LogP contribution < -0.4 is 5.32 Å². The Balaban J connectivity index is 2.17. The maximum atomic E-state index is 12.5. The van der Waals surface area contributed by atoms with E-state index in [1.807, 2.05) is 31.2 Å². The van der Waals surface area contributed by atoms with E-state index < -0.39 is 0 Å². The van der Waals surface area contributed by atoms with Crippen LogP contribution in [0.2, 0.25) is 0 Å². The molecule has 1 N–H and O–H groups in total. The van der Waals surface area contributed by atoms with Gasteiger partial charge in [-0.05, 0) is 42.5 Å². The van der Waals surface area contributed by atoms with Crippen molar-refractivity contribution in [2.24, 2.45) is 5.92 Å². The number of carbonyl (C=O) groups excluding carboxylic acids is 1. The summed E-state index contributed by atoms with van der Waals surface area (Å²) in [6.45, 7) is 8.43. The standard InChI is InChI=1S/C20H25NO/c1-5-16-8-12-17(13-9-16)19(14(2)3)21-20(22)18-10-6-15(4)7-11-18/h6-14,19H,5H2,1-4H3,(H,21,22)/t19-/m1/s1. The summed E-state index contributed by atoms with van der Waals surface area (Å²) < 4.78 is 0. The molecule has 0 aliphatic carbocycles. The topological polar surface area (TPSA) is 29.1 Å². The van der Waals surface area contributed by atoms with Crippen LogP contribution in [0.15, 0.2) is 48.5 Å². The number of hydrogen-bond acceptors (Lipinski definition) is 1. The van der Waals surface area contributed by atoms with Gasteiger partial charge in [0.1, 0.15) is 0 Å². The zero-order valence-electron chi connectivity index (χ0n) is 13.9. The Morgan fingerprint density at radius 2 is 1.59 bits per heavy atom. The highest BCUT2D eigenvalue weighted by atomic mass is 16.1. The molecule has 0 heterocycles. The molecule has 2 aromatic rings. The molecule has 1 atom stereocenters. The van der Waals surface area contributed by atoms with Crippen molar-refractivity contribution in [2.75, 3.05) is 0 Å². The van der Waals surface area contributed by atoms with E-state index >= 15 is 0 Å². The summed E-state index contributed by atoms with van der Waals surface area (Å²) in [5.41, 5.74) is 4.34. The molecule has 0 aliphatic heterocycles. The maximum Gasteiger partial charge on any atom is 0.251 e. The Hall–Kier alpha value is -2.09. The van der Waals surface area contributed by atoms with E-state index in [0.717, 1.165) is 17.5 Å². The number of hydrogen-bond donors (Lipinski definition) is 1. The summed E-state index contributed by atoms with van der Waals surface area (Å²) in [4.78, 5) is 12.5. The van der Waals surface area contributed by atoms with Gasteiger partial charge in [-0.3, -0.25) is 4.79 Å². The van der Waals surface area contributed by atoms with Crippen molar-refractivity contribution >= 4 is 5.91 Å². The zero-order valence-corrected chi connectivity index (χ0v) is 13.9. The fourth-order valence-corrected chi connectivity index (χ4v) is 2.53. The van der Waals surface area contributed by atoms with Gasteiger partial charge < -0.3 is 5.32 Å². The van der Waals surface area contributed by atoms with E-state index in [1.54, 1.807) is 0 Å². The minimum absolute atomic E-state index is 0.0155. The van der Waals surface area contributed by atoms with E-state index in [-0.39, 0.29) is 11.9 Å². The van der Waals surface area contributed by atoms with Crippen LogP contribution in [0.1, 0.15) is 53.9 Å².